The van der Waals surface area contributed by atoms with Gasteiger partial charge in [0, 0.05) is 6.54 Å². The summed E-state index contributed by atoms with van der Waals surface area (Å²) in [5, 5.41) is 28.4. The molecule has 3 atom stereocenters. The van der Waals surface area contributed by atoms with Crippen molar-refractivity contribution in [2.24, 2.45) is 28.7 Å². The lowest BCUT2D eigenvalue weighted by atomic mass is 10.1. The zero-order valence-corrected chi connectivity index (χ0v) is 17.2. The van der Waals surface area contributed by atoms with Gasteiger partial charge in [0.1, 0.15) is 12.1 Å². The molecule has 1 amide bonds. The van der Waals surface area contributed by atoms with Crippen molar-refractivity contribution < 1.29 is 24.6 Å². The van der Waals surface area contributed by atoms with E-state index < -0.39 is 36.0 Å². The number of nitrogens with one attached hydrogen (secondary N) is 3. The van der Waals surface area contributed by atoms with Crippen molar-refractivity contribution in [3.63, 3.8) is 0 Å². The Labute approximate surface area is 171 Å². The van der Waals surface area contributed by atoms with Crippen LogP contribution >= 0.6 is 0 Å². The van der Waals surface area contributed by atoms with E-state index in [1.54, 1.807) is 14.0 Å². The molecule has 13 nitrogen and oxygen atoms in total. The Hall–Kier alpha value is -2.48. The third-order valence-electron chi connectivity index (χ3n) is 3.46. The van der Waals surface area contributed by atoms with E-state index in [4.69, 9.17) is 44.3 Å². The Balaban J connectivity index is -0.000000362. The Morgan fingerprint density at radius 2 is 1.48 bits per heavy atom. The molecule has 0 radical (unpaired) electrons. The van der Waals surface area contributed by atoms with Crippen LogP contribution in [-0.2, 0) is 14.4 Å². The van der Waals surface area contributed by atoms with Crippen LogP contribution in [0.5, 0.6) is 0 Å². The molecule has 0 aliphatic heterocycles. The van der Waals surface area contributed by atoms with Gasteiger partial charge < -0.3 is 49.5 Å². The molecule has 3 unspecified atom stereocenters. The normalized spacial score (nSPS) is 12.7. The molecule has 0 heterocycles. The number of likely N-dealkylation sites (N-methyl/N-ethyl adjacent to an activating group) is 1. The van der Waals surface area contributed by atoms with Gasteiger partial charge in [0.25, 0.3) is 0 Å². The van der Waals surface area contributed by atoms with Gasteiger partial charge in [-0.15, -0.1) is 0 Å². The summed E-state index contributed by atoms with van der Waals surface area (Å²) in [6, 6.07) is -1.75. The van der Waals surface area contributed by atoms with E-state index >= 15 is 0 Å². The molecule has 0 aromatic carbocycles. The van der Waals surface area contributed by atoms with E-state index in [1.165, 1.54) is 0 Å². The molecule has 0 aromatic rings. The number of nitrogens with two attached hydrogens (primary N) is 5. The Morgan fingerprint density at radius 3 is 1.79 bits per heavy atom. The summed E-state index contributed by atoms with van der Waals surface area (Å²) >= 11 is 0. The van der Waals surface area contributed by atoms with Crippen molar-refractivity contribution in [2.75, 3.05) is 20.1 Å². The number of carbonyl (C=O) groups is 3. The minimum absolute atomic E-state index is 0.0809. The van der Waals surface area contributed by atoms with Gasteiger partial charge in [-0.3, -0.25) is 19.8 Å². The lowest BCUT2D eigenvalue weighted by Gasteiger charge is -2.07. The number of guanidine groups is 1. The van der Waals surface area contributed by atoms with Gasteiger partial charge in [-0.1, -0.05) is 6.42 Å². The van der Waals surface area contributed by atoms with E-state index in [-0.39, 0.29) is 5.96 Å². The summed E-state index contributed by atoms with van der Waals surface area (Å²) in [6.45, 7) is 2.73. The summed E-state index contributed by atoms with van der Waals surface area (Å²) in [5.74, 6) is -2.33. The second kappa shape index (κ2) is 20.3. The third-order valence-corrected chi connectivity index (χ3v) is 3.46. The van der Waals surface area contributed by atoms with Gasteiger partial charge in [0.2, 0.25) is 5.91 Å². The van der Waals surface area contributed by atoms with Gasteiger partial charge in [-0.25, -0.2) is 0 Å². The van der Waals surface area contributed by atoms with Crippen molar-refractivity contribution in [1.82, 2.24) is 10.6 Å². The Morgan fingerprint density at radius 1 is 0.966 bits per heavy atom. The van der Waals surface area contributed by atoms with Crippen LogP contribution in [0, 0.1) is 5.41 Å². The number of hydrogen-bond donors (Lipinski definition) is 10. The highest BCUT2D eigenvalue weighted by atomic mass is 16.4. The SMILES string of the molecule is CNC(C)C(=O)O.N=C(N)NCCCC(N)C(N)=O.NCCCCC(N)C(=O)O. The van der Waals surface area contributed by atoms with Gasteiger partial charge in [0.15, 0.2) is 5.96 Å². The molecule has 0 saturated carbocycles. The quantitative estimate of drug-likeness (QED) is 0.0875. The summed E-state index contributed by atoms with van der Waals surface area (Å²) in [6.07, 6.45) is 3.34. The second-order valence-electron chi connectivity index (χ2n) is 6.07. The number of aliphatic carboxylic acids is 2. The first-order valence-electron chi connectivity index (χ1n) is 9.11. The number of carboxylic acid groups (broad SMARTS) is 2. The van der Waals surface area contributed by atoms with E-state index in [2.05, 4.69) is 10.6 Å². The Kier molecular flexibility index (Phi) is 21.8. The highest BCUT2D eigenvalue weighted by molar-refractivity contribution is 5.79. The van der Waals surface area contributed by atoms with Crippen LogP contribution in [0.2, 0.25) is 0 Å². The summed E-state index contributed by atoms with van der Waals surface area (Å²) in [7, 11) is 1.61. The zero-order chi connectivity index (χ0) is 23.4. The predicted molar refractivity (Wildman–Crippen MR) is 111 cm³/mol. The minimum atomic E-state index is -0.933. The maximum atomic E-state index is 10.4. The lowest BCUT2D eigenvalue weighted by Crippen LogP contribution is -2.37. The van der Waals surface area contributed by atoms with Crippen molar-refractivity contribution in [3.05, 3.63) is 0 Å². The zero-order valence-electron chi connectivity index (χ0n) is 17.2. The van der Waals surface area contributed by atoms with Gasteiger partial charge in [-0.05, 0) is 46.2 Å². The summed E-state index contributed by atoms with van der Waals surface area (Å²) < 4.78 is 0. The van der Waals surface area contributed by atoms with Crippen molar-refractivity contribution >= 4 is 23.8 Å². The van der Waals surface area contributed by atoms with Crippen LogP contribution in [0.4, 0.5) is 0 Å². The fraction of sp³-hybridized carbons (Fsp3) is 0.750. The van der Waals surface area contributed by atoms with E-state index in [9.17, 15) is 14.4 Å². The molecule has 172 valence electrons. The first-order valence-corrected chi connectivity index (χ1v) is 9.11. The second-order valence-corrected chi connectivity index (χ2v) is 6.07. The van der Waals surface area contributed by atoms with Gasteiger partial charge in [-0.2, -0.15) is 0 Å². The van der Waals surface area contributed by atoms with Gasteiger partial charge >= 0.3 is 11.9 Å². The molecule has 0 saturated heterocycles. The molecule has 0 rings (SSSR count). The van der Waals surface area contributed by atoms with Crippen molar-refractivity contribution in [2.45, 2.75) is 57.2 Å². The number of unbranched alkanes of at least 4 members (excludes halogenated alkanes) is 1. The maximum absolute atomic E-state index is 10.4. The Bertz CT molecular complexity index is 478. The van der Waals surface area contributed by atoms with Crippen molar-refractivity contribution in [1.29, 1.82) is 5.41 Å². The molecule has 0 spiro atoms. The van der Waals surface area contributed by atoms with E-state index in [0.717, 1.165) is 12.8 Å². The van der Waals surface area contributed by atoms with Crippen molar-refractivity contribution in [3.8, 4) is 0 Å². The highest BCUT2D eigenvalue weighted by Crippen LogP contribution is 1.97. The van der Waals surface area contributed by atoms with Crippen LogP contribution in [0.25, 0.3) is 0 Å². The molecule has 0 fully saturated rings. The standard InChI is InChI=1S/C6H15N5O.C6H14N2O2.C4H9NO2/c7-4(5(8)12)2-1-3-11-6(9)10;7-4-2-1-3-5(8)6(9)10;1-3(5-2)4(6)7/h4H,1-3,7H2,(H2,8,12)(H4,9,10,11);5H,1-4,7-8H2,(H,9,10);3,5H,1-2H3,(H,6,7). The molecule has 13 heteroatoms. The fourth-order valence-electron chi connectivity index (χ4n) is 1.44. The summed E-state index contributed by atoms with van der Waals surface area (Å²) in [5.41, 5.74) is 25.7. The monoisotopic (exact) mass is 422 g/mol. The number of rotatable bonds is 12. The minimum Gasteiger partial charge on any atom is -0.480 e. The molecular weight excluding hydrogens is 384 g/mol. The largest absolute Gasteiger partial charge is 0.480 e. The first kappa shape index (κ1) is 31.2. The highest BCUT2D eigenvalue weighted by Gasteiger charge is 2.09. The third kappa shape index (κ3) is 25.5. The molecule has 0 aliphatic rings. The fourth-order valence-corrected chi connectivity index (χ4v) is 1.44. The van der Waals surface area contributed by atoms with Crippen LogP contribution in [0.3, 0.4) is 0 Å². The van der Waals surface area contributed by atoms with Crippen LogP contribution in [0.15, 0.2) is 0 Å². The van der Waals surface area contributed by atoms with E-state index in [0.29, 0.717) is 32.4 Å². The van der Waals surface area contributed by atoms with Gasteiger partial charge in [0.05, 0.1) is 6.04 Å². The van der Waals surface area contributed by atoms with Crippen LogP contribution in [-0.4, -0.2) is 72.3 Å². The molecular formula is C16H38N8O5. The number of carbonyl (C=O) groups excluding carboxylic acids is 1. The number of carboxylic acids is 2. The smallest absolute Gasteiger partial charge is 0.320 e. The van der Waals surface area contributed by atoms with Crippen LogP contribution in [0.1, 0.15) is 39.0 Å². The molecule has 0 aliphatic carbocycles. The van der Waals surface area contributed by atoms with E-state index in [1.807, 2.05) is 0 Å². The number of hydrogen-bond acceptors (Lipinski definition) is 8. The number of primary amides is 1. The predicted octanol–water partition coefficient (Wildman–Crippen LogP) is -2.73. The molecule has 0 aromatic heterocycles. The topological polar surface area (TPSA) is 270 Å². The average Bonchev–Trinajstić information content (AvgIpc) is 2.64. The molecule has 0 bridgehead atoms. The lowest BCUT2D eigenvalue weighted by molar-refractivity contribution is -0.139. The molecule has 29 heavy (non-hydrogen) atoms. The summed E-state index contributed by atoms with van der Waals surface area (Å²) in [4.78, 5) is 30.4. The molecule has 15 N–H and O–H groups in total. The maximum Gasteiger partial charge on any atom is 0.320 e. The first-order chi connectivity index (χ1) is 13.4. The number of amides is 1. The van der Waals surface area contributed by atoms with Crippen LogP contribution < -0.4 is 39.3 Å². The average molecular weight is 423 g/mol.